The van der Waals surface area contributed by atoms with Crippen LogP contribution in [0.5, 0.6) is 11.5 Å². The molecule has 0 fully saturated rings. The number of fused-ring (bicyclic) bond motifs is 2. The van der Waals surface area contributed by atoms with Crippen LogP contribution in [0.15, 0.2) is 34.3 Å². The minimum atomic E-state index is -1.40. The molecule has 0 aromatic heterocycles. The first-order chi connectivity index (χ1) is 15.9. The van der Waals surface area contributed by atoms with E-state index in [2.05, 4.69) is 107 Å². The minimum Gasteiger partial charge on any atom is -0.614 e. The standard InChI is InChI=1S/C30H44N2O2.Al.H/c1-19-13-21(25(33)23(15-19)27(3,4)5)17-31-29(9,10)30(11,12)32-18-22-14-20(2)16-24(26(22)34)28(6,7)8;;/h13-18,33-34H,1-12H3;;/q;+2;/p-2. The van der Waals surface area contributed by atoms with Gasteiger partial charge in [-0.25, -0.2) is 0 Å². The van der Waals surface area contributed by atoms with Gasteiger partial charge in [-0.05, 0) is 86.8 Å². The van der Waals surface area contributed by atoms with E-state index < -0.39 is 27.0 Å². The van der Waals surface area contributed by atoms with Gasteiger partial charge >= 0.3 is 15.9 Å². The lowest BCUT2D eigenvalue weighted by Gasteiger charge is -2.35. The Balaban J connectivity index is 2.29. The van der Waals surface area contributed by atoms with Gasteiger partial charge in [0.05, 0.1) is 22.6 Å². The van der Waals surface area contributed by atoms with Crippen molar-refractivity contribution in [1.82, 2.24) is 0 Å². The molecule has 5 heteroatoms. The quantitative estimate of drug-likeness (QED) is 0.372. The number of benzene rings is 2. The Morgan fingerprint density at radius 1 is 0.629 bits per heavy atom. The maximum Gasteiger partial charge on any atom is 0.832 e. The normalized spacial score (nSPS) is 17.5. The highest BCUT2D eigenvalue weighted by atomic mass is 27.2. The molecule has 0 N–H and O–H groups in total. The second-order valence-corrected chi connectivity index (χ2v) is 13.8. The summed E-state index contributed by atoms with van der Waals surface area (Å²) in [5, 5.41) is 0. The zero-order chi connectivity index (χ0) is 26.4. The molecule has 2 aromatic carbocycles. The van der Waals surface area contributed by atoms with E-state index in [4.69, 9.17) is 17.6 Å². The molecule has 0 bridgehead atoms. The third-order valence-corrected chi connectivity index (χ3v) is 7.91. The fourth-order valence-electron chi connectivity index (χ4n) is 4.16. The van der Waals surface area contributed by atoms with E-state index in [1.165, 1.54) is 22.3 Å². The summed E-state index contributed by atoms with van der Waals surface area (Å²) in [5.41, 5.74) is 5.73. The summed E-state index contributed by atoms with van der Waals surface area (Å²) in [6, 6.07) is 8.78. The zero-order valence-corrected chi connectivity index (χ0v) is 25.3. The van der Waals surface area contributed by atoms with E-state index in [9.17, 15) is 0 Å². The molecule has 35 heavy (non-hydrogen) atoms. The molecule has 0 atom stereocenters. The summed E-state index contributed by atoms with van der Waals surface area (Å²) >= 11 is -1.40. The Morgan fingerprint density at radius 3 is 1.29 bits per heavy atom. The van der Waals surface area contributed by atoms with Crippen LogP contribution in [0, 0.1) is 13.8 Å². The molecule has 0 aliphatic carbocycles. The van der Waals surface area contributed by atoms with Crippen LogP contribution in [-0.4, -0.2) is 39.4 Å². The van der Waals surface area contributed by atoms with Gasteiger partial charge in [-0.2, -0.15) is 0 Å². The Morgan fingerprint density at radius 2 is 0.971 bits per heavy atom. The van der Waals surface area contributed by atoms with Crippen LogP contribution in [0.1, 0.15) is 103 Å². The van der Waals surface area contributed by atoms with E-state index in [1.54, 1.807) is 0 Å². The van der Waals surface area contributed by atoms with Crippen LogP contribution in [0.25, 0.3) is 0 Å². The van der Waals surface area contributed by atoms with Crippen molar-refractivity contribution in [3.05, 3.63) is 57.6 Å². The summed E-state index contributed by atoms with van der Waals surface area (Å²) < 4.78 is 13.1. The Hall–Kier alpha value is -2.09. The van der Waals surface area contributed by atoms with Crippen LogP contribution in [0.3, 0.4) is 0 Å². The summed E-state index contributed by atoms with van der Waals surface area (Å²) in [5.74, 6) is 1.77. The summed E-state index contributed by atoms with van der Waals surface area (Å²) in [6.07, 6.45) is 3.94. The fraction of sp³-hybridized carbons (Fsp3) is 0.533. The summed E-state index contributed by atoms with van der Waals surface area (Å²) in [7, 11) is 0. The van der Waals surface area contributed by atoms with E-state index in [0.29, 0.717) is 0 Å². The highest BCUT2D eigenvalue weighted by Crippen LogP contribution is 2.38. The first kappa shape index (κ1) is 27.5. The first-order valence-electron chi connectivity index (χ1n) is 12.6. The fourth-order valence-corrected chi connectivity index (χ4v) is 5.09. The van der Waals surface area contributed by atoms with Crippen molar-refractivity contribution < 1.29 is 7.58 Å². The van der Waals surface area contributed by atoms with E-state index >= 15 is 0 Å². The van der Waals surface area contributed by atoms with E-state index in [1.807, 2.05) is 12.4 Å². The van der Waals surface area contributed by atoms with Crippen molar-refractivity contribution in [2.24, 2.45) is 9.98 Å². The molecule has 0 saturated carbocycles. The van der Waals surface area contributed by atoms with Gasteiger partial charge in [-0.15, -0.1) is 0 Å². The van der Waals surface area contributed by atoms with Crippen LogP contribution < -0.4 is 7.58 Å². The molecule has 4 nitrogen and oxygen atoms in total. The highest BCUT2D eigenvalue weighted by Gasteiger charge is 2.36. The molecule has 188 valence electrons. The van der Waals surface area contributed by atoms with Gasteiger partial charge in [0.1, 0.15) is 0 Å². The van der Waals surface area contributed by atoms with Crippen LogP contribution >= 0.6 is 0 Å². The number of hydrogen-bond acceptors (Lipinski definition) is 4. The molecular formula is C30H43AlN2O2. The second-order valence-electron chi connectivity index (χ2n) is 13.0. The summed E-state index contributed by atoms with van der Waals surface area (Å²) in [6.45, 7) is 26.2. The van der Waals surface area contributed by atoms with Crippen molar-refractivity contribution in [2.45, 2.75) is 105 Å². The van der Waals surface area contributed by atoms with Crippen LogP contribution in [-0.2, 0) is 10.8 Å². The van der Waals surface area contributed by atoms with Gasteiger partial charge in [0.15, 0.2) is 0 Å². The van der Waals surface area contributed by atoms with E-state index in [-0.39, 0.29) is 10.8 Å². The third-order valence-electron chi connectivity index (χ3n) is 7.10. The van der Waals surface area contributed by atoms with Crippen molar-refractivity contribution in [3.8, 4) is 11.5 Å². The van der Waals surface area contributed by atoms with Gasteiger partial charge in [-0.1, -0.05) is 53.7 Å². The number of hydrogen-bond donors (Lipinski definition) is 0. The molecule has 3 rings (SSSR count). The monoisotopic (exact) mass is 490 g/mol. The predicted octanol–water partition coefficient (Wildman–Crippen LogP) is 7.03. The highest BCUT2D eigenvalue weighted by molar-refractivity contribution is 6.21. The molecule has 0 unspecified atom stereocenters. The Labute approximate surface area is 219 Å². The topological polar surface area (TPSA) is 43.2 Å². The van der Waals surface area contributed by atoms with Gasteiger partial charge < -0.3 is 7.58 Å². The summed E-state index contributed by atoms with van der Waals surface area (Å²) in [4.78, 5) is 10.1. The van der Waals surface area contributed by atoms with E-state index in [0.717, 1.165) is 22.6 Å². The van der Waals surface area contributed by atoms with Crippen molar-refractivity contribution in [3.63, 3.8) is 0 Å². The Kier molecular flexibility index (Phi) is 7.40. The Bertz CT molecular complexity index is 1070. The molecular weight excluding hydrogens is 447 g/mol. The number of rotatable bonds is 0. The smallest absolute Gasteiger partial charge is 0.614 e. The van der Waals surface area contributed by atoms with Crippen molar-refractivity contribution in [1.29, 1.82) is 0 Å². The lowest BCUT2D eigenvalue weighted by Crippen LogP contribution is -2.42. The maximum absolute atomic E-state index is 6.57. The van der Waals surface area contributed by atoms with Crippen molar-refractivity contribution >= 4 is 28.3 Å². The molecule has 0 radical (unpaired) electrons. The van der Waals surface area contributed by atoms with Crippen LogP contribution in [0.2, 0.25) is 0 Å². The van der Waals surface area contributed by atoms with Gasteiger partial charge in [-0.3, -0.25) is 9.98 Å². The number of aliphatic imine (C=N–C) groups is 2. The molecule has 2 aromatic rings. The average Bonchev–Trinajstić information content (AvgIpc) is 2.70. The largest absolute Gasteiger partial charge is 0.832 e. The van der Waals surface area contributed by atoms with Gasteiger partial charge in [0, 0.05) is 23.6 Å². The SMILES string of the molecule is Cc1cc2c(c(C(C)(C)C)c1)[O][AlH][O]c1c(cc(C)cc1C(C)(C)C)C=NC(C)(C)C(C)(C)N=C2. The number of aryl methyl sites for hydroxylation is 2. The average molecular weight is 491 g/mol. The van der Waals surface area contributed by atoms with Gasteiger partial charge in [0.2, 0.25) is 0 Å². The lowest BCUT2D eigenvalue weighted by molar-refractivity contribution is 0.317. The minimum absolute atomic E-state index is 0.0736. The molecule has 0 amide bonds. The lowest BCUT2D eigenvalue weighted by atomic mass is 9.82. The van der Waals surface area contributed by atoms with Crippen LogP contribution in [0.4, 0.5) is 0 Å². The maximum atomic E-state index is 6.57. The molecule has 0 saturated heterocycles. The number of nitrogens with zero attached hydrogens (tertiary/aromatic N) is 2. The van der Waals surface area contributed by atoms with Crippen molar-refractivity contribution in [2.75, 3.05) is 0 Å². The second kappa shape index (κ2) is 9.41. The first-order valence-corrected chi connectivity index (χ1v) is 13.7. The molecule has 1 aliphatic heterocycles. The molecule has 1 heterocycles. The molecule has 0 spiro atoms. The zero-order valence-electron chi connectivity index (χ0n) is 23.9. The predicted molar refractivity (Wildman–Crippen MR) is 152 cm³/mol. The third kappa shape index (κ3) is 6.01. The van der Waals surface area contributed by atoms with Gasteiger partial charge in [0.25, 0.3) is 0 Å². The molecule has 1 aliphatic rings.